The molecule has 1 aliphatic heterocycles. The third-order valence-electron chi connectivity index (χ3n) is 2.20. The molecule has 0 radical (unpaired) electrons. The van der Waals surface area contributed by atoms with Gasteiger partial charge in [0.05, 0.1) is 11.4 Å². The predicted octanol–water partition coefficient (Wildman–Crippen LogP) is 1.54. The van der Waals surface area contributed by atoms with Crippen LogP contribution in [0.5, 0.6) is 0 Å². The summed E-state index contributed by atoms with van der Waals surface area (Å²) in [6.45, 7) is 1.62. The van der Waals surface area contributed by atoms with Gasteiger partial charge in [-0.2, -0.15) is 10.1 Å². The van der Waals surface area contributed by atoms with Crippen molar-refractivity contribution in [3.8, 4) is 0 Å². The summed E-state index contributed by atoms with van der Waals surface area (Å²) in [5.74, 6) is -0.395. The van der Waals surface area contributed by atoms with Gasteiger partial charge < -0.3 is 0 Å². The van der Waals surface area contributed by atoms with Crippen LogP contribution in [0.3, 0.4) is 0 Å². The van der Waals surface area contributed by atoms with E-state index < -0.39 is 11.9 Å². The number of benzene rings is 1. The number of hydrogen-bond donors (Lipinski definition) is 0. The highest BCUT2D eigenvalue weighted by Crippen LogP contribution is 2.21. The van der Waals surface area contributed by atoms with E-state index in [0.29, 0.717) is 11.4 Å². The molecule has 0 fully saturated rings. The van der Waals surface area contributed by atoms with E-state index in [2.05, 4.69) is 10.3 Å². The zero-order valence-electron chi connectivity index (χ0n) is 8.12. The van der Waals surface area contributed by atoms with Crippen LogP contribution < -0.4 is 5.01 Å². The number of amides is 1. The Kier molecular flexibility index (Phi) is 2.29. The summed E-state index contributed by atoms with van der Waals surface area (Å²) in [7, 11) is 0. The molecule has 1 aromatic rings. The Morgan fingerprint density at radius 2 is 2.00 bits per heavy atom. The van der Waals surface area contributed by atoms with Gasteiger partial charge in [0.15, 0.2) is 0 Å². The fourth-order valence-electron chi connectivity index (χ4n) is 1.43. The van der Waals surface area contributed by atoms with E-state index >= 15 is 0 Å². The van der Waals surface area contributed by atoms with Crippen LogP contribution in [0.2, 0.25) is 0 Å². The molecule has 1 aliphatic rings. The molecule has 0 spiro atoms. The molecule has 76 valence electrons. The lowest BCUT2D eigenvalue weighted by atomic mass is 10.2. The maximum atomic E-state index is 11.7. The van der Waals surface area contributed by atoms with E-state index in [1.807, 2.05) is 6.07 Å². The first kappa shape index (κ1) is 9.51. The number of carbonyl (C=O) groups is 1. The van der Waals surface area contributed by atoms with Gasteiger partial charge in [0.1, 0.15) is 0 Å². The van der Waals surface area contributed by atoms with Crippen LogP contribution in [0.1, 0.15) is 6.92 Å². The Labute approximate surface area is 86.4 Å². The second kappa shape index (κ2) is 3.61. The molecule has 0 saturated carbocycles. The molecule has 0 unspecified atom stereocenters. The van der Waals surface area contributed by atoms with Crippen LogP contribution in [0.25, 0.3) is 0 Å². The Hall–Kier alpha value is -2.04. The molecule has 1 heterocycles. The third kappa shape index (κ3) is 1.52. The van der Waals surface area contributed by atoms with E-state index in [0.717, 1.165) is 0 Å². The van der Waals surface area contributed by atoms with Crippen molar-refractivity contribution in [1.29, 1.82) is 0 Å². The normalized spacial score (nSPS) is 20.3. The quantitative estimate of drug-likeness (QED) is 0.684. The number of anilines is 1. The largest absolute Gasteiger partial charge is 0.281 e. The second-order valence-electron chi connectivity index (χ2n) is 3.23. The van der Waals surface area contributed by atoms with E-state index in [9.17, 15) is 9.70 Å². The molecule has 0 aliphatic carbocycles. The van der Waals surface area contributed by atoms with Crippen molar-refractivity contribution in [1.82, 2.24) is 0 Å². The topological polar surface area (TPSA) is 62.1 Å². The van der Waals surface area contributed by atoms with Crippen molar-refractivity contribution in [2.45, 2.75) is 13.0 Å². The predicted molar refractivity (Wildman–Crippen MR) is 56.6 cm³/mol. The monoisotopic (exact) mass is 203 g/mol. The van der Waals surface area contributed by atoms with E-state index in [1.54, 1.807) is 31.2 Å². The molecule has 1 aromatic carbocycles. The minimum atomic E-state index is -0.967. The highest BCUT2D eigenvalue weighted by atomic mass is 16.3. The first-order valence-corrected chi connectivity index (χ1v) is 4.50. The number of nitrogens with zero attached hydrogens (tertiary/aromatic N) is 3. The number of hydrogen-bond acceptors (Lipinski definition) is 4. The van der Waals surface area contributed by atoms with Crippen LogP contribution in [-0.4, -0.2) is 17.7 Å². The highest BCUT2D eigenvalue weighted by molar-refractivity contribution is 6.18. The summed E-state index contributed by atoms with van der Waals surface area (Å²) in [5, 5.41) is 7.96. The van der Waals surface area contributed by atoms with Gasteiger partial charge in [-0.3, -0.25) is 4.79 Å². The second-order valence-corrected chi connectivity index (χ2v) is 3.23. The van der Waals surface area contributed by atoms with Gasteiger partial charge >= 0.3 is 0 Å². The number of nitroso groups, excluding NO2 is 1. The van der Waals surface area contributed by atoms with Crippen LogP contribution in [-0.2, 0) is 4.79 Å². The van der Waals surface area contributed by atoms with Crippen molar-refractivity contribution >= 4 is 17.3 Å². The van der Waals surface area contributed by atoms with Crippen molar-refractivity contribution in [2.24, 2.45) is 10.3 Å². The van der Waals surface area contributed by atoms with Gasteiger partial charge in [0.25, 0.3) is 5.91 Å². The summed E-state index contributed by atoms with van der Waals surface area (Å²) >= 11 is 0. The van der Waals surface area contributed by atoms with E-state index in [-0.39, 0.29) is 0 Å². The Bertz CT molecular complexity index is 428. The maximum absolute atomic E-state index is 11.7. The molecule has 2 rings (SSSR count). The zero-order chi connectivity index (χ0) is 10.8. The van der Waals surface area contributed by atoms with Crippen molar-refractivity contribution in [3.63, 3.8) is 0 Å². The first-order chi connectivity index (χ1) is 7.24. The Morgan fingerprint density at radius 1 is 1.33 bits per heavy atom. The van der Waals surface area contributed by atoms with Crippen molar-refractivity contribution < 1.29 is 4.79 Å². The summed E-state index contributed by atoms with van der Waals surface area (Å²) in [6.07, 6.45) is 0. The Morgan fingerprint density at radius 3 is 2.53 bits per heavy atom. The smallest absolute Gasteiger partial charge is 0.269 e. The highest BCUT2D eigenvalue weighted by Gasteiger charge is 2.35. The lowest BCUT2D eigenvalue weighted by Gasteiger charge is -2.11. The lowest BCUT2D eigenvalue weighted by Crippen LogP contribution is -2.29. The number of para-hydroxylation sites is 1. The van der Waals surface area contributed by atoms with Crippen LogP contribution in [0.4, 0.5) is 5.69 Å². The summed E-state index contributed by atoms with van der Waals surface area (Å²) < 4.78 is 0. The average molecular weight is 203 g/mol. The number of rotatable bonds is 2. The molecule has 0 aromatic heterocycles. The maximum Gasteiger partial charge on any atom is 0.281 e. The van der Waals surface area contributed by atoms with Crippen LogP contribution in [0.15, 0.2) is 40.6 Å². The standard InChI is InChI=1S/C10H9N3O2/c1-7-9(12-15)10(14)13(11-7)8-5-3-2-4-6-8/h2-6,9H,1H3/t9-/m0/s1. The molecule has 15 heavy (non-hydrogen) atoms. The molecule has 0 N–H and O–H groups in total. The SMILES string of the molecule is CC1=NN(c2ccccc2)C(=O)[C@H]1N=O. The van der Waals surface area contributed by atoms with Crippen molar-refractivity contribution in [3.05, 3.63) is 35.2 Å². The minimum Gasteiger partial charge on any atom is -0.269 e. The summed E-state index contributed by atoms with van der Waals surface area (Å²) in [6, 6.07) is 7.98. The molecular formula is C10H9N3O2. The van der Waals surface area contributed by atoms with Gasteiger partial charge in [-0.05, 0) is 19.1 Å². The third-order valence-corrected chi connectivity index (χ3v) is 2.20. The molecule has 1 atom stereocenters. The molecule has 1 amide bonds. The minimum absolute atomic E-state index is 0.395. The molecular weight excluding hydrogens is 194 g/mol. The molecule has 5 nitrogen and oxygen atoms in total. The fraction of sp³-hybridized carbons (Fsp3) is 0.200. The van der Waals surface area contributed by atoms with Gasteiger partial charge in [-0.25, -0.2) is 0 Å². The zero-order valence-corrected chi connectivity index (χ0v) is 8.12. The van der Waals surface area contributed by atoms with Crippen LogP contribution >= 0.6 is 0 Å². The molecule has 0 saturated heterocycles. The van der Waals surface area contributed by atoms with Gasteiger partial charge in [-0.1, -0.05) is 23.4 Å². The van der Waals surface area contributed by atoms with Gasteiger partial charge in [0.2, 0.25) is 6.04 Å². The van der Waals surface area contributed by atoms with E-state index in [1.165, 1.54) is 5.01 Å². The summed E-state index contributed by atoms with van der Waals surface area (Å²) in [5.41, 5.74) is 1.08. The van der Waals surface area contributed by atoms with Crippen molar-refractivity contribution in [2.75, 3.05) is 5.01 Å². The first-order valence-electron chi connectivity index (χ1n) is 4.50. The lowest BCUT2D eigenvalue weighted by molar-refractivity contribution is -0.117. The molecule has 0 bridgehead atoms. The van der Waals surface area contributed by atoms with Gasteiger partial charge in [-0.15, -0.1) is 4.91 Å². The number of hydrazone groups is 1. The summed E-state index contributed by atoms with van der Waals surface area (Å²) in [4.78, 5) is 22.1. The fourth-order valence-corrected chi connectivity index (χ4v) is 1.43. The van der Waals surface area contributed by atoms with Gasteiger partial charge in [0, 0.05) is 0 Å². The van der Waals surface area contributed by atoms with Crippen LogP contribution in [0, 0.1) is 4.91 Å². The number of carbonyl (C=O) groups excluding carboxylic acids is 1. The van der Waals surface area contributed by atoms with E-state index in [4.69, 9.17) is 0 Å². The Balaban J connectivity index is 2.35. The average Bonchev–Trinajstić information content (AvgIpc) is 2.55. The molecule has 5 heteroatoms.